The zero-order valence-electron chi connectivity index (χ0n) is 12.3. The molecule has 3 N–H and O–H groups in total. The summed E-state index contributed by atoms with van der Waals surface area (Å²) in [6.45, 7) is 3.04. The van der Waals surface area contributed by atoms with Gasteiger partial charge in [-0.3, -0.25) is 9.78 Å². The Morgan fingerprint density at radius 3 is 3.05 bits per heavy atom. The lowest BCUT2D eigenvalue weighted by Crippen LogP contribution is -2.33. The van der Waals surface area contributed by atoms with Gasteiger partial charge in [-0.2, -0.15) is 0 Å². The molecule has 5 heteroatoms. The van der Waals surface area contributed by atoms with Gasteiger partial charge in [0.15, 0.2) is 0 Å². The number of thiophene rings is 1. The number of carbonyl (C=O) groups excluding carboxylic acids is 1. The molecule has 1 fully saturated rings. The highest BCUT2D eigenvalue weighted by Crippen LogP contribution is 2.33. The van der Waals surface area contributed by atoms with E-state index in [0.29, 0.717) is 22.4 Å². The molecule has 1 saturated carbocycles. The number of nitrogens with two attached hydrogens (primary N) is 1. The number of fused-ring (bicyclic) bond motifs is 1. The second-order valence-corrected chi connectivity index (χ2v) is 7.00. The molecule has 2 unspecified atom stereocenters. The zero-order chi connectivity index (χ0) is 14.8. The third kappa shape index (κ3) is 2.88. The van der Waals surface area contributed by atoms with Gasteiger partial charge in [0.05, 0.1) is 10.4 Å². The van der Waals surface area contributed by atoms with Crippen molar-refractivity contribution in [1.82, 2.24) is 10.3 Å². The van der Waals surface area contributed by atoms with Crippen LogP contribution < -0.4 is 11.1 Å². The van der Waals surface area contributed by atoms with Gasteiger partial charge in [-0.25, -0.2) is 0 Å². The number of anilines is 1. The van der Waals surface area contributed by atoms with Crippen LogP contribution in [0.3, 0.4) is 0 Å². The molecule has 0 saturated heterocycles. The van der Waals surface area contributed by atoms with Crippen LogP contribution in [0, 0.1) is 11.8 Å². The number of hydrogen-bond donors (Lipinski definition) is 2. The summed E-state index contributed by atoms with van der Waals surface area (Å²) in [6.07, 6.45) is 8.56. The van der Waals surface area contributed by atoms with Crippen molar-refractivity contribution in [2.75, 3.05) is 12.3 Å². The molecule has 2 aromatic heterocycles. The highest BCUT2D eigenvalue weighted by atomic mass is 32.1. The topological polar surface area (TPSA) is 68.0 Å². The lowest BCUT2D eigenvalue weighted by molar-refractivity contribution is 0.0941. The molecule has 1 amide bonds. The normalized spacial score (nSPS) is 22.3. The van der Waals surface area contributed by atoms with Crippen molar-refractivity contribution in [2.24, 2.45) is 11.8 Å². The molecule has 112 valence electrons. The minimum atomic E-state index is -0.0496. The van der Waals surface area contributed by atoms with Crippen LogP contribution in [-0.4, -0.2) is 17.4 Å². The fraction of sp³-hybridized carbons (Fsp3) is 0.500. The molecule has 0 radical (unpaired) electrons. The first-order valence-corrected chi connectivity index (χ1v) is 8.38. The summed E-state index contributed by atoms with van der Waals surface area (Å²) >= 11 is 1.42. The molecule has 21 heavy (non-hydrogen) atoms. The first-order valence-electron chi connectivity index (χ1n) is 7.57. The van der Waals surface area contributed by atoms with Gasteiger partial charge in [0.1, 0.15) is 4.88 Å². The van der Waals surface area contributed by atoms with E-state index in [-0.39, 0.29) is 5.91 Å². The number of aromatic nitrogens is 1. The van der Waals surface area contributed by atoms with Gasteiger partial charge >= 0.3 is 0 Å². The van der Waals surface area contributed by atoms with E-state index in [1.165, 1.54) is 37.0 Å². The van der Waals surface area contributed by atoms with Gasteiger partial charge in [-0.1, -0.05) is 26.2 Å². The van der Waals surface area contributed by atoms with Crippen molar-refractivity contribution in [3.63, 3.8) is 0 Å². The van der Waals surface area contributed by atoms with Crippen molar-refractivity contribution < 1.29 is 4.79 Å². The van der Waals surface area contributed by atoms with E-state index in [2.05, 4.69) is 17.2 Å². The van der Waals surface area contributed by atoms with E-state index >= 15 is 0 Å². The summed E-state index contributed by atoms with van der Waals surface area (Å²) in [4.78, 5) is 17.1. The van der Waals surface area contributed by atoms with Crippen LogP contribution >= 0.6 is 11.3 Å². The van der Waals surface area contributed by atoms with Gasteiger partial charge in [-0.05, 0) is 24.3 Å². The molecule has 1 aliphatic rings. The van der Waals surface area contributed by atoms with Crippen LogP contribution in [0.4, 0.5) is 5.69 Å². The number of hydrogen-bond acceptors (Lipinski definition) is 4. The Kier molecular flexibility index (Phi) is 4.10. The monoisotopic (exact) mass is 303 g/mol. The second-order valence-electron chi connectivity index (χ2n) is 5.95. The largest absolute Gasteiger partial charge is 0.397 e. The first kappa shape index (κ1) is 14.3. The molecule has 2 heterocycles. The number of pyridine rings is 1. The standard InChI is InChI=1S/C16H21N3OS/c1-10-4-2-3-5-11(10)8-19-16(20)15-14(17)12-6-7-18-9-13(12)21-15/h6-7,9-11H,2-5,8,17H2,1H3,(H,19,20). The first-order chi connectivity index (χ1) is 10.2. The Morgan fingerprint density at radius 1 is 1.48 bits per heavy atom. The van der Waals surface area contributed by atoms with Crippen molar-refractivity contribution >= 4 is 33.0 Å². The number of nitrogens with one attached hydrogen (secondary N) is 1. The lowest BCUT2D eigenvalue weighted by atomic mass is 9.80. The molecule has 0 bridgehead atoms. The molecule has 0 spiro atoms. The minimum absolute atomic E-state index is 0.0496. The van der Waals surface area contributed by atoms with Crippen LogP contribution in [0.2, 0.25) is 0 Å². The number of nitrogen functional groups attached to an aromatic ring is 1. The number of amides is 1. The number of nitrogens with zero attached hydrogens (tertiary/aromatic N) is 1. The van der Waals surface area contributed by atoms with Gasteiger partial charge in [0, 0.05) is 24.3 Å². The van der Waals surface area contributed by atoms with Crippen LogP contribution in [0.1, 0.15) is 42.3 Å². The van der Waals surface area contributed by atoms with Crippen molar-refractivity contribution in [1.29, 1.82) is 0 Å². The van der Waals surface area contributed by atoms with Crippen molar-refractivity contribution in [3.8, 4) is 0 Å². The average Bonchev–Trinajstić information content (AvgIpc) is 2.84. The van der Waals surface area contributed by atoms with Crippen LogP contribution in [0.25, 0.3) is 10.1 Å². The van der Waals surface area contributed by atoms with Crippen LogP contribution in [0.15, 0.2) is 18.5 Å². The summed E-state index contributed by atoms with van der Waals surface area (Å²) in [5.41, 5.74) is 6.67. The van der Waals surface area contributed by atoms with E-state index in [9.17, 15) is 4.79 Å². The third-order valence-corrected chi connectivity index (χ3v) is 5.71. The van der Waals surface area contributed by atoms with Crippen LogP contribution in [0.5, 0.6) is 0 Å². The van der Waals surface area contributed by atoms with E-state index in [0.717, 1.165) is 16.6 Å². The van der Waals surface area contributed by atoms with Crippen molar-refractivity contribution in [3.05, 3.63) is 23.3 Å². The molecule has 0 aromatic carbocycles. The molecular weight excluding hydrogens is 282 g/mol. The lowest BCUT2D eigenvalue weighted by Gasteiger charge is -2.28. The van der Waals surface area contributed by atoms with Crippen LogP contribution in [-0.2, 0) is 0 Å². The van der Waals surface area contributed by atoms with E-state index in [1.807, 2.05) is 6.07 Å². The minimum Gasteiger partial charge on any atom is -0.397 e. The quantitative estimate of drug-likeness (QED) is 0.912. The maximum Gasteiger partial charge on any atom is 0.263 e. The molecule has 3 rings (SSSR count). The summed E-state index contributed by atoms with van der Waals surface area (Å²) in [7, 11) is 0. The maximum absolute atomic E-state index is 12.4. The predicted molar refractivity (Wildman–Crippen MR) is 87.5 cm³/mol. The SMILES string of the molecule is CC1CCCCC1CNC(=O)c1sc2cnccc2c1N. The highest BCUT2D eigenvalue weighted by Gasteiger charge is 2.23. The molecule has 2 atom stereocenters. The summed E-state index contributed by atoms with van der Waals surface area (Å²) in [6, 6.07) is 1.86. The van der Waals surface area contributed by atoms with E-state index < -0.39 is 0 Å². The third-order valence-electron chi connectivity index (χ3n) is 4.55. The number of rotatable bonds is 3. The molecule has 0 aliphatic heterocycles. The molecule has 1 aliphatic carbocycles. The summed E-state index contributed by atoms with van der Waals surface area (Å²) in [5.74, 6) is 1.24. The Morgan fingerprint density at radius 2 is 2.29 bits per heavy atom. The zero-order valence-corrected chi connectivity index (χ0v) is 13.1. The highest BCUT2D eigenvalue weighted by molar-refractivity contribution is 7.21. The van der Waals surface area contributed by atoms with Gasteiger partial charge < -0.3 is 11.1 Å². The smallest absolute Gasteiger partial charge is 0.263 e. The Hall–Kier alpha value is -1.62. The van der Waals surface area contributed by atoms with Gasteiger partial charge in [-0.15, -0.1) is 11.3 Å². The Labute approximate surface area is 128 Å². The molecular formula is C16H21N3OS. The Balaban J connectivity index is 1.70. The average molecular weight is 303 g/mol. The second kappa shape index (κ2) is 6.02. The fourth-order valence-corrected chi connectivity index (χ4v) is 4.15. The Bertz CT molecular complexity index is 652. The predicted octanol–water partition coefficient (Wildman–Crippen LogP) is 3.43. The maximum atomic E-state index is 12.4. The fourth-order valence-electron chi connectivity index (χ4n) is 3.14. The molecule has 2 aromatic rings. The van der Waals surface area contributed by atoms with E-state index in [1.54, 1.807) is 12.4 Å². The van der Waals surface area contributed by atoms with Gasteiger partial charge in [0.25, 0.3) is 5.91 Å². The van der Waals surface area contributed by atoms with E-state index in [4.69, 9.17) is 5.73 Å². The molecule has 4 nitrogen and oxygen atoms in total. The number of carbonyl (C=O) groups is 1. The van der Waals surface area contributed by atoms with Gasteiger partial charge in [0.2, 0.25) is 0 Å². The summed E-state index contributed by atoms with van der Waals surface area (Å²) < 4.78 is 0.964. The van der Waals surface area contributed by atoms with Crippen molar-refractivity contribution in [2.45, 2.75) is 32.6 Å². The summed E-state index contributed by atoms with van der Waals surface area (Å²) in [5, 5.41) is 3.99.